The Morgan fingerprint density at radius 1 is 1.20 bits per heavy atom. The second kappa shape index (κ2) is 6.18. The summed E-state index contributed by atoms with van der Waals surface area (Å²) in [7, 11) is 0. The van der Waals surface area contributed by atoms with E-state index in [9.17, 15) is 0 Å². The smallest absolute Gasteiger partial charge is 0.0820 e. The molecular weight excluding hydrogens is 248 g/mol. The van der Waals surface area contributed by atoms with E-state index < -0.39 is 0 Å². The predicted octanol–water partition coefficient (Wildman–Crippen LogP) is 3.35. The zero-order chi connectivity index (χ0) is 14.6. The van der Waals surface area contributed by atoms with E-state index in [1.165, 1.54) is 0 Å². The van der Waals surface area contributed by atoms with Crippen molar-refractivity contribution >= 4 is 0 Å². The molecule has 20 heavy (non-hydrogen) atoms. The lowest BCUT2D eigenvalue weighted by Gasteiger charge is -2.34. The van der Waals surface area contributed by atoms with Gasteiger partial charge in [-0.05, 0) is 30.5 Å². The minimum Gasteiger partial charge on any atom is -0.308 e. The fourth-order valence-electron chi connectivity index (χ4n) is 2.40. The van der Waals surface area contributed by atoms with Gasteiger partial charge < -0.3 is 5.32 Å². The van der Waals surface area contributed by atoms with Crippen LogP contribution in [0.1, 0.15) is 45.9 Å². The van der Waals surface area contributed by atoms with Crippen LogP contribution in [-0.4, -0.2) is 21.5 Å². The topological polar surface area (TPSA) is 42.7 Å². The molecule has 0 aliphatic rings. The molecule has 1 heterocycles. The normalized spacial score (nSPS) is 13.4. The lowest BCUT2D eigenvalue weighted by atomic mass is 9.80. The molecule has 0 bridgehead atoms. The maximum absolute atomic E-state index is 4.26. The summed E-state index contributed by atoms with van der Waals surface area (Å²) in [6.45, 7) is 9.84. The summed E-state index contributed by atoms with van der Waals surface area (Å²) >= 11 is 0. The van der Waals surface area contributed by atoms with Gasteiger partial charge in [-0.3, -0.25) is 0 Å². The molecule has 108 valence electrons. The molecule has 1 atom stereocenters. The molecule has 0 spiro atoms. The van der Waals surface area contributed by atoms with Gasteiger partial charge in [0.2, 0.25) is 0 Å². The van der Waals surface area contributed by atoms with E-state index in [1.54, 1.807) is 0 Å². The van der Waals surface area contributed by atoms with Crippen molar-refractivity contribution in [1.82, 2.24) is 20.3 Å². The Bertz CT molecular complexity index is 530. The van der Waals surface area contributed by atoms with Crippen molar-refractivity contribution in [2.75, 3.05) is 6.54 Å². The molecule has 1 aromatic heterocycles. The molecule has 2 rings (SSSR count). The third-order valence-corrected chi connectivity index (χ3v) is 3.97. The first-order valence-electron chi connectivity index (χ1n) is 7.29. The van der Waals surface area contributed by atoms with E-state index in [0.717, 1.165) is 24.3 Å². The van der Waals surface area contributed by atoms with Gasteiger partial charge in [-0.2, -0.15) is 0 Å². The van der Waals surface area contributed by atoms with Crippen molar-refractivity contribution in [3.63, 3.8) is 0 Å². The minimum absolute atomic E-state index is 0.143. The van der Waals surface area contributed by atoms with Crippen molar-refractivity contribution in [3.05, 3.63) is 42.2 Å². The largest absolute Gasteiger partial charge is 0.308 e. The molecule has 1 unspecified atom stereocenters. The summed E-state index contributed by atoms with van der Waals surface area (Å²) in [4.78, 5) is 0. The molecule has 1 aromatic carbocycles. The molecule has 4 nitrogen and oxygen atoms in total. The fourth-order valence-corrected chi connectivity index (χ4v) is 2.40. The van der Waals surface area contributed by atoms with Crippen LogP contribution in [-0.2, 0) is 0 Å². The van der Waals surface area contributed by atoms with Crippen LogP contribution in [0.4, 0.5) is 0 Å². The summed E-state index contributed by atoms with van der Waals surface area (Å²) in [5.41, 5.74) is 2.31. The van der Waals surface area contributed by atoms with Crippen LogP contribution in [0.2, 0.25) is 0 Å². The lowest BCUT2D eigenvalue weighted by Crippen LogP contribution is -2.35. The molecule has 0 fully saturated rings. The first-order valence-corrected chi connectivity index (χ1v) is 7.29. The third-order valence-electron chi connectivity index (χ3n) is 3.97. The molecule has 0 saturated heterocycles. The molecule has 0 radical (unpaired) electrons. The van der Waals surface area contributed by atoms with Gasteiger partial charge >= 0.3 is 0 Å². The first-order chi connectivity index (χ1) is 9.60. The quantitative estimate of drug-likeness (QED) is 0.877. The maximum Gasteiger partial charge on any atom is 0.0820 e. The van der Waals surface area contributed by atoms with E-state index in [2.05, 4.69) is 55.5 Å². The van der Waals surface area contributed by atoms with E-state index in [0.29, 0.717) is 0 Å². The zero-order valence-electron chi connectivity index (χ0n) is 12.8. The molecule has 0 saturated carbocycles. The molecule has 1 N–H and O–H groups in total. The minimum atomic E-state index is 0.143. The van der Waals surface area contributed by atoms with E-state index in [4.69, 9.17) is 0 Å². The van der Waals surface area contributed by atoms with Crippen LogP contribution < -0.4 is 5.32 Å². The summed E-state index contributed by atoms with van der Waals surface area (Å²) in [6, 6.07) is 10.4. The van der Waals surface area contributed by atoms with Crippen LogP contribution in [0, 0.1) is 5.41 Å². The number of benzene rings is 1. The SMILES string of the molecule is CCNC(c1cnnn1-c1ccccc1)C(C)(C)CC. The Morgan fingerprint density at radius 2 is 1.90 bits per heavy atom. The molecule has 0 amide bonds. The Labute approximate surface area is 121 Å². The number of para-hydroxylation sites is 1. The molecule has 4 heteroatoms. The third kappa shape index (κ3) is 2.90. The highest BCUT2D eigenvalue weighted by Crippen LogP contribution is 2.36. The number of aromatic nitrogens is 3. The second-order valence-corrected chi connectivity index (χ2v) is 5.74. The van der Waals surface area contributed by atoms with Crippen molar-refractivity contribution in [2.45, 2.75) is 40.2 Å². The zero-order valence-corrected chi connectivity index (χ0v) is 12.8. The van der Waals surface area contributed by atoms with Gasteiger partial charge in [0.25, 0.3) is 0 Å². The highest BCUT2D eigenvalue weighted by atomic mass is 15.4. The Hall–Kier alpha value is -1.68. The van der Waals surface area contributed by atoms with Crippen LogP contribution in [0.25, 0.3) is 5.69 Å². The van der Waals surface area contributed by atoms with Gasteiger partial charge in [0.05, 0.1) is 23.6 Å². The Morgan fingerprint density at radius 3 is 2.50 bits per heavy atom. The van der Waals surface area contributed by atoms with Gasteiger partial charge in [-0.25, -0.2) is 4.68 Å². The van der Waals surface area contributed by atoms with Crippen LogP contribution in [0.15, 0.2) is 36.5 Å². The number of nitrogens with zero attached hydrogens (tertiary/aromatic N) is 3. The number of hydrogen-bond acceptors (Lipinski definition) is 3. The van der Waals surface area contributed by atoms with Gasteiger partial charge in [-0.15, -0.1) is 5.10 Å². The number of rotatable bonds is 6. The Balaban J connectivity index is 2.43. The van der Waals surface area contributed by atoms with Gasteiger partial charge in [0.1, 0.15) is 0 Å². The van der Waals surface area contributed by atoms with Gasteiger partial charge in [-0.1, -0.05) is 51.1 Å². The van der Waals surface area contributed by atoms with Crippen LogP contribution in [0.5, 0.6) is 0 Å². The van der Waals surface area contributed by atoms with Crippen molar-refractivity contribution < 1.29 is 0 Å². The fraction of sp³-hybridized carbons (Fsp3) is 0.500. The number of hydrogen-bond donors (Lipinski definition) is 1. The van der Waals surface area contributed by atoms with Gasteiger partial charge in [0, 0.05) is 0 Å². The van der Waals surface area contributed by atoms with E-state index >= 15 is 0 Å². The Kier molecular flexibility index (Phi) is 4.55. The molecule has 2 aromatic rings. The van der Waals surface area contributed by atoms with Crippen molar-refractivity contribution in [2.24, 2.45) is 5.41 Å². The summed E-state index contributed by atoms with van der Waals surface area (Å²) in [5.74, 6) is 0. The average molecular weight is 272 g/mol. The average Bonchev–Trinajstić information content (AvgIpc) is 2.94. The van der Waals surface area contributed by atoms with Crippen LogP contribution in [0.3, 0.4) is 0 Å². The second-order valence-electron chi connectivity index (χ2n) is 5.74. The summed E-state index contributed by atoms with van der Waals surface area (Å²) in [5, 5.41) is 12.0. The monoisotopic (exact) mass is 272 g/mol. The van der Waals surface area contributed by atoms with E-state index in [1.807, 2.05) is 29.1 Å². The summed E-state index contributed by atoms with van der Waals surface area (Å²) < 4.78 is 1.94. The van der Waals surface area contributed by atoms with Crippen LogP contribution >= 0.6 is 0 Å². The van der Waals surface area contributed by atoms with Crippen molar-refractivity contribution in [1.29, 1.82) is 0 Å². The standard InChI is InChI=1S/C16H24N4/c1-5-16(3,4)15(17-6-2)14-12-18-19-20(14)13-10-8-7-9-11-13/h7-12,15,17H,5-6H2,1-4H3. The lowest BCUT2D eigenvalue weighted by molar-refractivity contribution is 0.230. The first kappa shape index (κ1) is 14.7. The maximum atomic E-state index is 4.26. The number of nitrogens with one attached hydrogen (secondary N) is 1. The van der Waals surface area contributed by atoms with Crippen molar-refractivity contribution in [3.8, 4) is 5.69 Å². The predicted molar refractivity (Wildman–Crippen MR) is 81.8 cm³/mol. The van der Waals surface area contributed by atoms with Gasteiger partial charge in [0.15, 0.2) is 0 Å². The highest BCUT2D eigenvalue weighted by molar-refractivity contribution is 5.32. The highest BCUT2D eigenvalue weighted by Gasteiger charge is 2.31. The molecular formula is C16H24N4. The molecule has 0 aliphatic heterocycles. The molecule has 0 aliphatic carbocycles. The summed E-state index contributed by atoms with van der Waals surface area (Å²) in [6.07, 6.45) is 2.96. The van der Waals surface area contributed by atoms with E-state index in [-0.39, 0.29) is 11.5 Å².